The van der Waals surface area contributed by atoms with Gasteiger partial charge in [-0.3, -0.25) is 4.79 Å². The standard InChI is InChI=1S/C14H21ClO4/c1-3-4-11-9(15)6-13-14(18-11)7-10(17)12(19-13)5-8(2)16/h3,9-14,17H,1,4-7H2,2H3/t9-,10-,11-,12-,13+,14+/m0/s1. The van der Waals surface area contributed by atoms with Crippen molar-refractivity contribution in [2.75, 3.05) is 0 Å². The second-order valence-electron chi connectivity index (χ2n) is 5.41. The number of ketones is 1. The molecule has 0 aromatic rings. The van der Waals surface area contributed by atoms with Gasteiger partial charge in [0.05, 0.1) is 35.9 Å². The van der Waals surface area contributed by atoms with Crippen LogP contribution in [0.3, 0.4) is 0 Å². The molecule has 0 spiro atoms. The predicted molar refractivity (Wildman–Crippen MR) is 72.3 cm³/mol. The molecule has 0 aromatic heterocycles. The highest BCUT2D eigenvalue weighted by Crippen LogP contribution is 2.35. The molecule has 0 radical (unpaired) electrons. The van der Waals surface area contributed by atoms with Crippen molar-refractivity contribution in [1.29, 1.82) is 0 Å². The van der Waals surface area contributed by atoms with E-state index in [1.165, 1.54) is 6.92 Å². The molecule has 0 bridgehead atoms. The molecular weight excluding hydrogens is 268 g/mol. The highest BCUT2D eigenvalue weighted by molar-refractivity contribution is 6.21. The summed E-state index contributed by atoms with van der Waals surface area (Å²) in [4.78, 5) is 11.2. The van der Waals surface area contributed by atoms with Gasteiger partial charge >= 0.3 is 0 Å². The van der Waals surface area contributed by atoms with Gasteiger partial charge in [0.1, 0.15) is 5.78 Å². The Morgan fingerprint density at radius 1 is 1.37 bits per heavy atom. The number of carbonyl (C=O) groups excluding carboxylic acids is 1. The second-order valence-corrected chi connectivity index (χ2v) is 5.97. The zero-order valence-electron chi connectivity index (χ0n) is 11.1. The molecule has 2 aliphatic heterocycles. The van der Waals surface area contributed by atoms with Crippen LogP contribution in [0.4, 0.5) is 0 Å². The summed E-state index contributed by atoms with van der Waals surface area (Å²) in [5, 5.41) is 9.91. The van der Waals surface area contributed by atoms with Gasteiger partial charge in [0.2, 0.25) is 0 Å². The summed E-state index contributed by atoms with van der Waals surface area (Å²) in [6.07, 6.45) is 2.50. The van der Waals surface area contributed by atoms with E-state index in [-0.39, 0.29) is 35.9 Å². The van der Waals surface area contributed by atoms with Crippen LogP contribution >= 0.6 is 11.6 Å². The maximum absolute atomic E-state index is 11.2. The summed E-state index contributed by atoms with van der Waals surface area (Å²) in [6.45, 7) is 5.20. The third kappa shape index (κ3) is 3.57. The van der Waals surface area contributed by atoms with E-state index in [2.05, 4.69) is 6.58 Å². The molecule has 2 heterocycles. The van der Waals surface area contributed by atoms with Gasteiger partial charge in [-0.2, -0.15) is 0 Å². The van der Waals surface area contributed by atoms with Gasteiger partial charge in [-0.15, -0.1) is 18.2 Å². The van der Waals surface area contributed by atoms with E-state index < -0.39 is 12.2 Å². The average molecular weight is 289 g/mol. The molecule has 2 aliphatic rings. The Labute approximate surface area is 118 Å². The van der Waals surface area contributed by atoms with Gasteiger partial charge in [0.15, 0.2) is 0 Å². The second kappa shape index (κ2) is 6.35. The van der Waals surface area contributed by atoms with E-state index in [9.17, 15) is 9.90 Å². The molecule has 2 rings (SSSR count). The first-order valence-corrected chi connectivity index (χ1v) is 7.18. The number of fused-ring (bicyclic) bond motifs is 1. The number of hydrogen-bond donors (Lipinski definition) is 1. The summed E-state index contributed by atoms with van der Waals surface area (Å²) in [5.41, 5.74) is 0. The fourth-order valence-electron chi connectivity index (χ4n) is 2.81. The van der Waals surface area contributed by atoms with Crippen molar-refractivity contribution in [2.24, 2.45) is 0 Å². The van der Waals surface area contributed by atoms with Gasteiger partial charge in [0, 0.05) is 12.8 Å². The van der Waals surface area contributed by atoms with E-state index in [1.54, 1.807) is 6.08 Å². The van der Waals surface area contributed by atoms with Crippen molar-refractivity contribution in [2.45, 2.75) is 68.5 Å². The largest absolute Gasteiger partial charge is 0.390 e. The van der Waals surface area contributed by atoms with Crippen LogP contribution in [0.25, 0.3) is 0 Å². The Morgan fingerprint density at radius 3 is 2.63 bits per heavy atom. The molecule has 19 heavy (non-hydrogen) atoms. The normalized spacial score (nSPS) is 42.5. The number of Topliss-reactive ketones (excluding diaryl/α,β-unsaturated/α-hetero) is 1. The lowest BCUT2D eigenvalue weighted by molar-refractivity contribution is -0.217. The maximum Gasteiger partial charge on any atom is 0.132 e. The third-order valence-corrected chi connectivity index (χ3v) is 4.22. The zero-order chi connectivity index (χ0) is 14.0. The van der Waals surface area contributed by atoms with Gasteiger partial charge in [-0.1, -0.05) is 6.08 Å². The molecule has 0 aliphatic carbocycles. The van der Waals surface area contributed by atoms with Gasteiger partial charge < -0.3 is 14.6 Å². The van der Waals surface area contributed by atoms with Crippen molar-refractivity contribution in [3.63, 3.8) is 0 Å². The van der Waals surface area contributed by atoms with E-state index >= 15 is 0 Å². The summed E-state index contributed by atoms with van der Waals surface area (Å²) in [5.74, 6) is 0.0196. The van der Waals surface area contributed by atoms with Crippen molar-refractivity contribution >= 4 is 17.4 Å². The monoisotopic (exact) mass is 288 g/mol. The van der Waals surface area contributed by atoms with Crippen molar-refractivity contribution in [3.8, 4) is 0 Å². The third-order valence-electron chi connectivity index (χ3n) is 3.77. The Bertz CT molecular complexity index is 346. The van der Waals surface area contributed by atoms with Crippen molar-refractivity contribution < 1.29 is 19.4 Å². The minimum absolute atomic E-state index is 0.0196. The molecule has 1 N–H and O–H groups in total. The summed E-state index contributed by atoms with van der Waals surface area (Å²) < 4.78 is 11.7. The van der Waals surface area contributed by atoms with Gasteiger partial charge in [-0.05, 0) is 19.8 Å². The summed E-state index contributed by atoms with van der Waals surface area (Å²) in [7, 11) is 0. The fourth-order valence-corrected chi connectivity index (χ4v) is 3.15. The SMILES string of the molecule is C=CC[C@@H]1O[C@@H]2C[C@H](O)[C@H](CC(C)=O)O[C@@H]2C[C@@H]1Cl. The number of aliphatic hydroxyl groups excluding tert-OH is 1. The molecule has 2 saturated heterocycles. The molecular formula is C14H21ClO4. The summed E-state index contributed by atoms with van der Waals surface area (Å²) >= 11 is 6.29. The lowest BCUT2D eigenvalue weighted by Gasteiger charge is -2.45. The average Bonchev–Trinajstić information content (AvgIpc) is 2.32. The van der Waals surface area contributed by atoms with Crippen LogP contribution in [-0.4, -0.2) is 46.8 Å². The number of hydrogen-bond acceptors (Lipinski definition) is 4. The molecule has 2 fully saturated rings. The maximum atomic E-state index is 11.2. The Kier molecular flexibility index (Phi) is 5.01. The topological polar surface area (TPSA) is 55.8 Å². The lowest BCUT2D eigenvalue weighted by Crippen LogP contribution is -2.54. The lowest BCUT2D eigenvalue weighted by atomic mass is 9.89. The summed E-state index contributed by atoms with van der Waals surface area (Å²) in [6, 6.07) is 0. The van der Waals surface area contributed by atoms with Crippen LogP contribution in [0.15, 0.2) is 12.7 Å². The van der Waals surface area contributed by atoms with Crippen LogP contribution in [0.5, 0.6) is 0 Å². The molecule has 5 heteroatoms. The number of rotatable bonds is 4. The molecule has 0 aromatic carbocycles. The molecule has 6 atom stereocenters. The Hall–Kier alpha value is -0.420. The van der Waals surface area contributed by atoms with E-state index in [1.807, 2.05) is 0 Å². The molecule has 0 amide bonds. The number of aliphatic hydroxyl groups is 1. The quantitative estimate of drug-likeness (QED) is 0.633. The molecule has 108 valence electrons. The van der Waals surface area contributed by atoms with Crippen molar-refractivity contribution in [3.05, 3.63) is 12.7 Å². The molecule has 0 saturated carbocycles. The number of alkyl halides is 1. The highest BCUT2D eigenvalue weighted by atomic mass is 35.5. The first-order chi connectivity index (χ1) is 9.01. The zero-order valence-corrected chi connectivity index (χ0v) is 11.9. The minimum atomic E-state index is -0.651. The first-order valence-electron chi connectivity index (χ1n) is 6.74. The van der Waals surface area contributed by atoms with Crippen LogP contribution in [-0.2, 0) is 14.3 Å². The number of ether oxygens (including phenoxy) is 2. The molecule has 0 unspecified atom stereocenters. The van der Waals surface area contributed by atoms with Crippen LogP contribution < -0.4 is 0 Å². The number of halogens is 1. The van der Waals surface area contributed by atoms with Crippen LogP contribution in [0.2, 0.25) is 0 Å². The van der Waals surface area contributed by atoms with Crippen molar-refractivity contribution in [1.82, 2.24) is 0 Å². The van der Waals surface area contributed by atoms with E-state index in [4.69, 9.17) is 21.1 Å². The van der Waals surface area contributed by atoms with Crippen LogP contribution in [0, 0.1) is 0 Å². The smallest absolute Gasteiger partial charge is 0.132 e. The predicted octanol–water partition coefficient (Wildman–Crippen LogP) is 1.82. The van der Waals surface area contributed by atoms with E-state index in [0.29, 0.717) is 19.3 Å². The highest BCUT2D eigenvalue weighted by Gasteiger charge is 2.44. The van der Waals surface area contributed by atoms with Gasteiger partial charge in [0.25, 0.3) is 0 Å². The number of carbonyl (C=O) groups is 1. The molecule has 4 nitrogen and oxygen atoms in total. The van der Waals surface area contributed by atoms with Crippen LogP contribution in [0.1, 0.15) is 32.6 Å². The van der Waals surface area contributed by atoms with Gasteiger partial charge in [-0.25, -0.2) is 0 Å². The Balaban J connectivity index is 1.98. The minimum Gasteiger partial charge on any atom is -0.390 e. The Morgan fingerprint density at radius 2 is 2.00 bits per heavy atom. The fraction of sp³-hybridized carbons (Fsp3) is 0.786. The van der Waals surface area contributed by atoms with E-state index in [0.717, 1.165) is 0 Å². The first kappa shape index (κ1) is 15.0.